The molecule has 4 aromatic rings. The Morgan fingerprint density at radius 2 is 1.81 bits per heavy atom. The molecule has 0 unspecified atom stereocenters. The van der Waals surface area contributed by atoms with Crippen LogP contribution < -0.4 is 0 Å². The number of fused-ring (bicyclic) bond motifs is 1. The molecule has 0 aliphatic carbocycles. The van der Waals surface area contributed by atoms with Gasteiger partial charge in [-0.15, -0.1) is 0 Å². The molecule has 0 saturated carbocycles. The van der Waals surface area contributed by atoms with E-state index in [0.29, 0.717) is 28.3 Å². The summed E-state index contributed by atoms with van der Waals surface area (Å²) in [6.07, 6.45) is 5.86. The largest absolute Gasteiger partial charge is 0.384 e. The van der Waals surface area contributed by atoms with Gasteiger partial charge in [-0.1, -0.05) is 0 Å². The second kappa shape index (κ2) is 6.21. The highest BCUT2D eigenvalue weighted by Gasteiger charge is 2.19. The Labute approximate surface area is 154 Å². The third-order valence-corrected chi connectivity index (χ3v) is 4.28. The van der Waals surface area contributed by atoms with Crippen LogP contribution in [0.4, 0.5) is 8.78 Å². The van der Waals surface area contributed by atoms with Gasteiger partial charge in [0.2, 0.25) is 5.78 Å². The van der Waals surface area contributed by atoms with E-state index in [9.17, 15) is 13.9 Å². The fourth-order valence-electron chi connectivity index (χ4n) is 2.89. The average Bonchev–Trinajstić information content (AvgIpc) is 3.05. The molecule has 27 heavy (non-hydrogen) atoms. The molecule has 3 aromatic heterocycles. The second-order valence-electron chi connectivity index (χ2n) is 6.77. The van der Waals surface area contributed by atoms with Crippen molar-refractivity contribution in [2.75, 3.05) is 0 Å². The van der Waals surface area contributed by atoms with Crippen molar-refractivity contribution < 1.29 is 13.9 Å². The van der Waals surface area contributed by atoms with E-state index >= 15 is 0 Å². The molecule has 0 bridgehead atoms. The minimum absolute atomic E-state index is 0.246. The Balaban J connectivity index is 1.83. The normalized spacial score (nSPS) is 11.9. The molecule has 1 aromatic carbocycles. The summed E-state index contributed by atoms with van der Waals surface area (Å²) in [4.78, 5) is 12.4. The quantitative estimate of drug-likeness (QED) is 0.596. The van der Waals surface area contributed by atoms with E-state index in [1.807, 2.05) is 0 Å². The van der Waals surface area contributed by atoms with Gasteiger partial charge in [0.05, 0.1) is 23.8 Å². The minimum Gasteiger partial charge on any atom is -0.384 e. The maximum atomic E-state index is 14.3. The van der Waals surface area contributed by atoms with Crippen molar-refractivity contribution in [2.45, 2.75) is 19.4 Å². The second-order valence-corrected chi connectivity index (χ2v) is 6.77. The van der Waals surface area contributed by atoms with Gasteiger partial charge in [0.15, 0.2) is 0 Å². The first-order valence-electron chi connectivity index (χ1n) is 8.31. The Hall–Kier alpha value is -3.19. The van der Waals surface area contributed by atoms with Crippen LogP contribution in [0.1, 0.15) is 19.5 Å². The number of nitrogens with zero attached hydrogens (tertiary/aromatic N) is 4. The minimum atomic E-state index is -1.08. The van der Waals surface area contributed by atoms with Gasteiger partial charge >= 0.3 is 0 Å². The number of pyridine rings is 1. The van der Waals surface area contributed by atoms with Gasteiger partial charge in [-0.25, -0.2) is 18.7 Å². The van der Waals surface area contributed by atoms with Crippen LogP contribution in [0, 0.1) is 11.6 Å². The summed E-state index contributed by atoms with van der Waals surface area (Å²) in [6.45, 7) is 3.30. The maximum absolute atomic E-state index is 14.3. The average molecular weight is 366 g/mol. The van der Waals surface area contributed by atoms with E-state index in [1.165, 1.54) is 18.3 Å². The van der Waals surface area contributed by atoms with Crippen molar-refractivity contribution >= 4 is 5.78 Å². The number of benzene rings is 1. The van der Waals surface area contributed by atoms with Crippen LogP contribution in [0.5, 0.6) is 0 Å². The van der Waals surface area contributed by atoms with Crippen LogP contribution >= 0.6 is 0 Å². The molecule has 1 N–H and O–H groups in total. The molecule has 0 spiro atoms. The van der Waals surface area contributed by atoms with E-state index in [2.05, 4.69) is 15.0 Å². The molecule has 0 fully saturated rings. The van der Waals surface area contributed by atoms with Gasteiger partial charge in [-0.05, 0) is 44.2 Å². The lowest BCUT2D eigenvalue weighted by Gasteiger charge is -2.16. The summed E-state index contributed by atoms with van der Waals surface area (Å²) in [5.41, 5.74) is 1.41. The molecule has 0 saturated heterocycles. The third kappa shape index (κ3) is 3.17. The van der Waals surface area contributed by atoms with Crippen LogP contribution in [0.2, 0.25) is 0 Å². The topological polar surface area (TPSA) is 63.3 Å². The third-order valence-electron chi connectivity index (χ3n) is 4.28. The number of imidazole rings is 1. The standard InChI is InChI=1S/C20H16F2N4O/c1-20(2,27)18-5-6-26-17(11-24-19(26)25-18)12-3-4-16(22)15(8-12)13-7-14(21)10-23-9-13/h3-11,27H,1-2H3. The highest BCUT2D eigenvalue weighted by atomic mass is 19.1. The van der Waals surface area contributed by atoms with Crippen molar-refractivity contribution in [2.24, 2.45) is 0 Å². The first-order chi connectivity index (χ1) is 12.8. The SMILES string of the molecule is CC(C)(O)c1ccn2c(-c3ccc(F)c(-c4cncc(F)c4)c3)cnc2n1. The number of rotatable bonds is 3. The summed E-state index contributed by atoms with van der Waals surface area (Å²) < 4.78 is 29.5. The fraction of sp³-hybridized carbons (Fsp3) is 0.150. The molecular weight excluding hydrogens is 350 g/mol. The molecule has 0 amide bonds. The van der Waals surface area contributed by atoms with Crippen LogP contribution in [-0.2, 0) is 5.60 Å². The summed E-state index contributed by atoms with van der Waals surface area (Å²) in [5, 5.41) is 10.1. The summed E-state index contributed by atoms with van der Waals surface area (Å²) in [7, 11) is 0. The molecule has 0 aliphatic heterocycles. The van der Waals surface area contributed by atoms with Crippen molar-refractivity contribution in [3.8, 4) is 22.4 Å². The summed E-state index contributed by atoms with van der Waals surface area (Å²) >= 11 is 0. The Bertz CT molecular complexity index is 1150. The van der Waals surface area contributed by atoms with E-state index in [4.69, 9.17) is 0 Å². The van der Waals surface area contributed by atoms with Crippen molar-refractivity contribution in [1.82, 2.24) is 19.4 Å². The van der Waals surface area contributed by atoms with Crippen LogP contribution in [0.15, 0.2) is 55.1 Å². The summed E-state index contributed by atoms with van der Waals surface area (Å²) in [6, 6.07) is 7.52. The lowest BCUT2D eigenvalue weighted by atomic mass is 10.0. The first kappa shape index (κ1) is 17.2. The lowest BCUT2D eigenvalue weighted by Crippen LogP contribution is -2.18. The van der Waals surface area contributed by atoms with Crippen LogP contribution in [0.3, 0.4) is 0 Å². The number of halogens is 2. The number of hydrogen-bond acceptors (Lipinski definition) is 4. The van der Waals surface area contributed by atoms with Gasteiger partial charge in [0.25, 0.3) is 0 Å². The molecule has 7 heteroatoms. The summed E-state index contributed by atoms with van der Waals surface area (Å²) in [5.74, 6) is -0.583. The van der Waals surface area contributed by atoms with Gasteiger partial charge in [-0.3, -0.25) is 9.38 Å². The molecule has 136 valence electrons. The first-order valence-corrected chi connectivity index (χ1v) is 8.31. The van der Waals surface area contributed by atoms with Crippen molar-refractivity contribution in [3.63, 3.8) is 0 Å². The van der Waals surface area contributed by atoms with Crippen LogP contribution in [-0.4, -0.2) is 24.5 Å². The van der Waals surface area contributed by atoms with Gasteiger partial charge < -0.3 is 5.11 Å². The lowest BCUT2D eigenvalue weighted by molar-refractivity contribution is 0.0739. The van der Waals surface area contributed by atoms with Gasteiger partial charge in [-0.2, -0.15) is 0 Å². The van der Waals surface area contributed by atoms with E-state index < -0.39 is 17.2 Å². The van der Waals surface area contributed by atoms with E-state index in [-0.39, 0.29) is 5.56 Å². The molecule has 0 atom stereocenters. The highest BCUT2D eigenvalue weighted by Crippen LogP contribution is 2.29. The van der Waals surface area contributed by atoms with Gasteiger partial charge in [0, 0.05) is 29.1 Å². The van der Waals surface area contributed by atoms with E-state index in [1.54, 1.807) is 48.8 Å². The highest BCUT2D eigenvalue weighted by molar-refractivity contribution is 5.72. The smallest absolute Gasteiger partial charge is 0.234 e. The molecule has 4 rings (SSSR count). The monoisotopic (exact) mass is 366 g/mol. The molecule has 3 heterocycles. The van der Waals surface area contributed by atoms with Crippen molar-refractivity contribution in [3.05, 3.63) is 72.4 Å². The predicted octanol–water partition coefficient (Wildman–Crippen LogP) is 3.96. The molecule has 0 radical (unpaired) electrons. The maximum Gasteiger partial charge on any atom is 0.234 e. The zero-order valence-electron chi connectivity index (χ0n) is 14.7. The zero-order valence-corrected chi connectivity index (χ0v) is 14.7. The van der Waals surface area contributed by atoms with Crippen LogP contribution in [0.25, 0.3) is 28.2 Å². The fourth-order valence-corrected chi connectivity index (χ4v) is 2.89. The van der Waals surface area contributed by atoms with E-state index in [0.717, 1.165) is 6.20 Å². The Morgan fingerprint density at radius 3 is 2.56 bits per heavy atom. The Morgan fingerprint density at radius 1 is 1.00 bits per heavy atom. The number of hydrogen-bond donors (Lipinski definition) is 1. The van der Waals surface area contributed by atoms with Crippen molar-refractivity contribution in [1.29, 1.82) is 0 Å². The molecular formula is C20H16F2N4O. The number of aliphatic hydroxyl groups is 1. The zero-order chi connectivity index (χ0) is 19.2. The molecule has 0 aliphatic rings. The number of aromatic nitrogens is 4. The predicted molar refractivity (Wildman–Crippen MR) is 96.8 cm³/mol. The Kier molecular flexibility index (Phi) is 3.96. The van der Waals surface area contributed by atoms with Gasteiger partial charge in [0.1, 0.15) is 17.2 Å². The molecule has 5 nitrogen and oxygen atoms in total.